The lowest BCUT2D eigenvalue weighted by molar-refractivity contribution is -0.384. The first-order valence-electron chi connectivity index (χ1n) is 7.63. The van der Waals surface area contributed by atoms with Gasteiger partial charge < -0.3 is 14.1 Å². The predicted octanol–water partition coefficient (Wildman–Crippen LogP) is 1.79. The number of benzene rings is 1. The molecular weight excluding hydrogens is 328 g/mol. The SMILES string of the molecule is O=C(N/N=C\c1cc([N+](=O)[O-])ccc1N1CCOCC1)c1ccco1. The van der Waals surface area contributed by atoms with E-state index in [4.69, 9.17) is 9.15 Å². The summed E-state index contributed by atoms with van der Waals surface area (Å²) in [5, 5.41) is 14.9. The van der Waals surface area contributed by atoms with Gasteiger partial charge in [-0.15, -0.1) is 0 Å². The molecule has 2 heterocycles. The molecule has 25 heavy (non-hydrogen) atoms. The third kappa shape index (κ3) is 4.01. The highest BCUT2D eigenvalue weighted by molar-refractivity contribution is 5.93. The molecular formula is C16H16N4O5. The van der Waals surface area contributed by atoms with Crippen molar-refractivity contribution in [2.75, 3.05) is 31.2 Å². The largest absolute Gasteiger partial charge is 0.459 e. The summed E-state index contributed by atoms with van der Waals surface area (Å²) < 4.78 is 10.3. The minimum Gasteiger partial charge on any atom is -0.459 e. The Morgan fingerprint density at radius 1 is 1.32 bits per heavy atom. The van der Waals surface area contributed by atoms with Gasteiger partial charge in [-0.25, -0.2) is 5.43 Å². The van der Waals surface area contributed by atoms with Crippen LogP contribution in [0.25, 0.3) is 0 Å². The third-order valence-electron chi connectivity index (χ3n) is 3.69. The zero-order chi connectivity index (χ0) is 17.6. The zero-order valence-electron chi connectivity index (χ0n) is 13.3. The second-order valence-corrected chi connectivity index (χ2v) is 5.28. The molecule has 1 N–H and O–H groups in total. The highest BCUT2D eigenvalue weighted by Gasteiger charge is 2.17. The van der Waals surface area contributed by atoms with Gasteiger partial charge in [-0.1, -0.05) is 0 Å². The third-order valence-corrected chi connectivity index (χ3v) is 3.69. The second-order valence-electron chi connectivity index (χ2n) is 5.28. The maximum atomic E-state index is 11.8. The van der Waals surface area contributed by atoms with Crippen molar-refractivity contribution < 1.29 is 18.9 Å². The number of amides is 1. The number of carbonyl (C=O) groups excluding carboxylic acids is 1. The van der Waals surface area contributed by atoms with Gasteiger partial charge in [-0.2, -0.15) is 5.10 Å². The van der Waals surface area contributed by atoms with Gasteiger partial charge >= 0.3 is 5.91 Å². The van der Waals surface area contributed by atoms with Crippen molar-refractivity contribution in [3.8, 4) is 0 Å². The molecule has 2 aromatic rings. The summed E-state index contributed by atoms with van der Waals surface area (Å²) in [6, 6.07) is 7.66. The maximum Gasteiger partial charge on any atom is 0.307 e. The smallest absolute Gasteiger partial charge is 0.307 e. The monoisotopic (exact) mass is 344 g/mol. The van der Waals surface area contributed by atoms with Gasteiger partial charge in [0.05, 0.1) is 30.6 Å². The summed E-state index contributed by atoms with van der Waals surface area (Å²) in [6.07, 6.45) is 2.77. The second kappa shape index (κ2) is 7.58. The summed E-state index contributed by atoms with van der Waals surface area (Å²) in [4.78, 5) is 24.4. The molecule has 130 valence electrons. The number of nitrogens with one attached hydrogen (secondary N) is 1. The number of nitro benzene ring substituents is 1. The molecule has 1 aliphatic heterocycles. The Hall–Kier alpha value is -3.20. The first-order chi connectivity index (χ1) is 12.1. The van der Waals surface area contributed by atoms with E-state index in [9.17, 15) is 14.9 Å². The number of carbonyl (C=O) groups is 1. The fourth-order valence-electron chi connectivity index (χ4n) is 2.47. The van der Waals surface area contributed by atoms with Crippen LogP contribution in [0, 0.1) is 10.1 Å². The van der Waals surface area contributed by atoms with Crippen LogP contribution in [0.5, 0.6) is 0 Å². The van der Waals surface area contributed by atoms with Crippen LogP contribution >= 0.6 is 0 Å². The van der Waals surface area contributed by atoms with E-state index in [1.165, 1.54) is 30.7 Å². The molecule has 1 aromatic heterocycles. The fourth-order valence-corrected chi connectivity index (χ4v) is 2.47. The number of ether oxygens (including phenoxy) is 1. The number of nitrogens with zero attached hydrogens (tertiary/aromatic N) is 3. The van der Waals surface area contributed by atoms with Gasteiger partial charge in [0.15, 0.2) is 5.76 Å². The van der Waals surface area contributed by atoms with Crippen molar-refractivity contribution in [1.29, 1.82) is 0 Å². The lowest BCUT2D eigenvalue weighted by Gasteiger charge is -2.29. The average Bonchev–Trinajstić information content (AvgIpc) is 3.17. The van der Waals surface area contributed by atoms with Crippen LogP contribution < -0.4 is 10.3 Å². The van der Waals surface area contributed by atoms with E-state index >= 15 is 0 Å². The molecule has 0 saturated carbocycles. The number of non-ortho nitro benzene ring substituents is 1. The van der Waals surface area contributed by atoms with Crippen molar-refractivity contribution in [3.63, 3.8) is 0 Å². The van der Waals surface area contributed by atoms with Crippen LogP contribution in [0.3, 0.4) is 0 Å². The molecule has 0 unspecified atom stereocenters. The Balaban J connectivity index is 1.81. The van der Waals surface area contributed by atoms with E-state index in [-0.39, 0.29) is 11.4 Å². The molecule has 9 heteroatoms. The summed E-state index contributed by atoms with van der Waals surface area (Å²) in [6.45, 7) is 2.53. The van der Waals surface area contributed by atoms with Crippen LogP contribution in [-0.2, 0) is 4.74 Å². The van der Waals surface area contributed by atoms with Gasteiger partial charge in [0.2, 0.25) is 0 Å². The van der Waals surface area contributed by atoms with E-state index in [1.54, 1.807) is 12.1 Å². The van der Waals surface area contributed by atoms with Crippen LogP contribution in [0.2, 0.25) is 0 Å². The number of rotatable bonds is 5. The molecule has 3 rings (SSSR count). The van der Waals surface area contributed by atoms with Crippen LogP contribution in [-0.4, -0.2) is 43.3 Å². The van der Waals surface area contributed by atoms with Gasteiger partial charge in [-0.3, -0.25) is 14.9 Å². The molecule has 1 amide bonds. The van der Waals surface area contributed by atoms with E-state index in [1.807, 2.05) is 0 Å². The number of hydrogen-bond acceptors (Lipinski definition) is 7. The van der Waals surface area contributed by atoms with Crippen molar-refractivity contribution in [2.45, 2.75) is 0 Å². The first kappa shape index (κ1) is 16.7. The fraction of sp³-hybridized carbons (Fsp3) is 0.250. The zero-order valence-corrected chi connectivity index (χ0v) is 13.3. The van der Waals surface area contributed by atoms with Gasteiger partial charge in [0.25, 0.3) is 5.69 Å². The van der Waals surface area contributed by atoms with E-state index in [0.29, 0.717) is 31.9 Å². The van der Waals surface area contributed by atoms with Crippen LogP contribution in [0.1, 0.15) is 16.1 Å². The molecule has 1 saturated heterocycles. The highest BCUT2D eigenvalue weighted by atomic mass is 16.6. The summed E-state index contributed by atoms with van der Waals surface area (Å²) in [5.74, 6) is -0.371. The Morgan fingerprint density at radius 2 is 2.12 bits per heavy atom. The number of morpholine rings is 1. The lowest BCUT2D eigenvalue weighted by Crippen LogP contribution is -2.36. The van der Waals surface area contributed by atoms with Crippen molar-refractivity contribution in [2.24, 2.45) is 5.10 Å². The minimum atomic E-state index is -0.500. The van der Waals surface area contributed by atoms with E-state index < -0.39 is 10.8 Å². The minimum absolute atomic E-state index is 0.0455. The van der Waals surface area contributed by atoms with Crippen molar-refractivity contribution in [1.82, 2.24) is 5.43 Å². The lowest BCUT2D eigenvalue weighted by atomic mass is 10.1. The molecule has 0 bridgehead atoms. The number of furan rings is 1. The van der Waals surface area contributed by atoms with Gasteiger partial charge in [0.1, 0.15) is 0 Å². The molecule has 1 aromatic carbocycles. The Bertz CT molecular complexity index is 782. The van der Waals surface area contributed by atoms with Crippen molar-refractivity contribution in [3.05, 3.63) is 58.0 Å². The summed E-state index contributed by atoms with van der Waals surface area (Å²) >= 11 is 0. The van der Waals surface area contributed by atoms with Crippen LogP contribution in [0.15, 0.2) is 46.1 Å². The maximum absolute atomic E-state index is 11.8. The normalized spacial score (nSPS) is 14.6. The van der Waals surface area contributed by atoms with Gasteiger partial charge in [0, 0.05) is 36.5 Å². The Morgan fingerprint density at radius 3 is 2.80 bits per heavy atom. The molecule has 0 spiro atoms. The highest BCUT2D eigenvalue weighted by Crippen LogP contribution is 2.25. The number of hydrazone groups is 1. The Kier molecular flexibility index (Phi) is 5.05. The Labute approximate surface area is 143 Å². The predicted molar refractivity (Wildman–Crippen MR) is 89.9 cm³/mol. The van der Waals surface area contributed by atoms with Gasteiger partial charge in [-0.05, 0) is 18.2 Å². The number of hydrogen-bond donors (Lipinski definition) is 1. The standard InChI is InChI=1S/C16H16N4O5/c21-16(15-2-1-7-25-15)18-17-11-12-10-13(20(22)23)3-4-14(12)19-5-8-24-9-6-19/h1-4,7,10-11H,5-6,8-9H2,(H,18,21)/b17-11-. The number of nitro groups is 1. The molecule has 0 radical (unpaired) electrons. The number of anilines is 1. The quantitative estimate of drug-likeness (QED) is 0.503. The molecule has 1 aliphatic rings. The topological polar surface area (TPSA) is 110 Å². The van der Waals surface area contributed by atoms with E-state index in [2.05, 4.69) is 15.4 Å². The average molecular weight is 344 g/mol. The molecule has 0 atom stereocenters. The summed E-state index contributed by atoms with van der Waals surface area (Å²) in [7, 11) is 0. The first-order valence-corrected chi connectivity index (χ1v) is 7.63. The van der Waals surface area contributed by atoms with E-state index in [0.717, 1.165) is 5.69 Å². The molecule has 0 aliphatic carbocycles. The molecule has 1 fully saturated rings. The van der Waals surface area contributed by atoms with Crippen molar-refractivity contribution >= 4 is 23.5 Å². The molecule has 9 nitrogen and oxygen atoms in total. The summed E-state index contributed by atoms with van der Waals surface area (Å²) in [5.41, 5.74) is 3.62. The van der Waals surface area contributed by atoms with Crippen LogP contribution in [0.4, 0.5) is 11.4 Å².